The van der Waals surface area contributed by atoms with Gasteiger partial charge >= 0.3 is 0 Å². The van der Waals surface area contributed by atoms with Gasteiger partial charge in [0.15, 0.2) is 0 Å². The van der Waals surface area contributed by atoms with Crippen LogP contribution in [0.4, 0.5) is 11.4 Å². The molecule has 1 fully saturated rings. The van der Waals surface area contributed by atoms with Crippen molar-refractivity contribution in [3.8, 4) is 11.3 Å². The number of carbonyl (C=O) groups excluding carboxylic acids is 2. The topological polar surface area (TPSA) is 134 Å². The molecule has 1 aliphatic rings. The number of H-pyrrole nitrogens is 1. The molecule has 2 amide bonds. The van der Waals surface area contributed by atoms with Crippen LogP contribution in [0.1, 0.15) is 44.9 Å². The van der Waals surface area contributed by atoms with Gasteiger partial charge in [0.2, 0.25) is 5.91 Å². The molecule has 1 atom stereocenters. The number of amides is 2. The predicted octanol–water partition coefficient (Wildman–Crippen LogP) is 4.83. The van der Waals surface area contributed by atoms with E-state index < -0.39 is 0 Å². The van der Waals surface area contributed by atoms with Crippen LogP contribution in [-0.4, -0.2) is 59.5 Å². The summed E-state index contributed by atoms with van der Waals surface area (Å²) in [4.78, 5) is 44.7. The van der Waals surface area contributed by atoms with Gasteiger partial charge in [-0.2, -0.15) is 5.10 Å². The zero-order valence-corrected chi connectivity index (χ0v) is 22.3. The highest BCUT2D eigenvalue weighted by molar-refractivity contribution is 6.06. The Bertz CT molecular complexity index is 1710. The summed E-state index contributed by atoms with van der Waals surface area (Å²) in [6.45, 7) is 2.89. The summed E-state index contributed by atoms with van der Waals surface area (Å²) >= 11 is 0. The number of likely N-dealkylation sites (tertiary alicyclic amines) is 1. The minimum absolute atomic E-state index is 0. The lowest BCUT2D eigenvalue weighted by Crippen LogP contribution is -2.33. The molecule has 5 aromatic rings. The van der Waals surface area contributed by atoms with Crippen molar-refractivity contribution in [2.24, 2.45) is 7.05 Å². The molecule has 0 aromatic carbocycles. The van der Waals surface area contributed by atoms with E-state index in [1.54, 1.807) is 42.3 Å². The molecule has 5 aromatic heterocycles. The maximum atomic E-state index is 13.1. The fourth-order valence-electron chi connectivity index (χ4n) is 5.09. The number of aromatic amines is 1. The summed E-state index contributed by atoms with van der Waals surface area (Å²) in [6, 6.07) is 11.5. The zero-order chi connectivity index (χ0) is 27.6. The average Bonchev–Trinajstić information content (AvgIpc) is 3.70. The van der Waals surface area contributed by atoms with Gasteiger partial charge in [0, 0.05) is 40.9 Å². The molecule has 1 saturated heterocycles. The Morgan fingerprint density at radius 3 is 2.80 bits per heavy atom. The van der Waals surface area contributed by atoms with Crippen LogP contribution < -0.4 is 10.6 Å². The van der Waals surface area contributed by atoms with Crippen molar-refractivity contribution in [1.82, 2.24) is 34.6 Å². The van der Waals surface area contributed by atoms with Crippen molar-refractivity contribution in [1.29, 1.82) is 0 Å². The quantitative estimate of drug-likeness (QED) is 0.269. The minimum Gasteiger partial charge on any atom is -0.339 e. The molecule has 3 N–H and O–H groups in total. The largest absolute Gasteiger partial charge is 0.339 e. The summed E-state index contributed by atoms with van der Waals surface area (Å²) in [6.07, 6.45) is 10.6. The Labute approximate surface area is 235 Å². The van der Waals surface area contributed by atoms with E-state index in [4.69, 9.17) is 0 Å². The van der Waals surface area contributed by atoms with Crippen LogP contribution in [0, 0.1) is 6.92 Å². The second kappa shape index (κ2) is 10.7. The predicted molar refractivity (Wildman–Crippen MR) is 158 cm³/mol. The molecular formula is C29H35N9O2. The SMILES string of the molecule is Cc1ncc(NC(=O)CN2CCC[C@@H]2c2ccccn2)cc1NC(=O)c1cnc2[nH]c(-c3cnn(C)c3)cc2c1.[HH].[HH].[HH]. The van der Waals surface area contributed by atoms with E-state index in [1.165, 1.54) is 6.20 Å². The lowest BCUT2D eigenvalue weighted by molar-refractivity contribution is -0.117. The first kappa shape index (κ1) is 25.4. The molecule has 0 spiro atoms. The number of pyridine rings is 3. The normalized spacial score (nSPS) is 15.4. The van der Waals surface area contributed by atoms with Crippen LogP contribution in [0.25, 0.3) is 22.3 Å². The minimum atomic E-state index is -0.317. The van der Waals surface area contributed by atoms with Gasteiger partial charge in [-0.25, -0.2) is 4.98 Å². The Kier molecular flexibility index (Phi) is 6.79. The van der Waals surface area contributed by atoms with E-state index >= 15 is 0 Å². The van der Waals surface area contributed by atoms with Crippen LogP contribution in [0.3, 0.4) is 0 Å². The van der Waals surface area contributed by atoms with Gasteiger partial charge < -0.3 is 15.6 Å². The van der Waals surface area contributed by atoms with Crippen molar-refractivity contribution < 1.29 is 13.9 Å². The van der Waals surface area contributed by atoms with E-state index in [-0.39, 0.29) is 28.7 Å². The van der Waals surface area contributed by atoms with Gasteiger partial charge in [-0.3, -0.25) is 29.1 Å². The maximum Gasteiger partial charge on any atom is 0.257 e. The van der Waals surface area contributed by atoms with E-state index in [2.05, 4.69) is 40.6 Å². The maximum absolute atomic E-state index is 13.1. The number of nitrogens with zero attached hydrogens (tertiary/aromatic N) is 6. The van der Waals surface area contributed by atoms with Crippen LogP contribution in [0.15, 0.2) is 67.4 Å². The highest BCUT2D eigenvalue weighted by Gasteiger charge is 2.28. The van der Waals surface area contributed by atoms with Gasteiger partial charge in [-0.05, 0) is 56.6 Å². The fourth-order valence-corrected chi connectivity index (χ4v) is 5.09. The lowest BCUT2D eigenvalue weighted by Gasteiger charge is -2.23. The molecule has 11 heteroatoms. The molecule has 0 bridgehead atoms. The molecule has 6 heterocycles. The van der Waals surface area contributed by atoms with Crippen LogP contribution in [0.5, 0.6) is 0 Å². The van der Waals surface area contributed by atoms with Gasteiger partial charge in [0.1, 0.15) is 5.65 Å². The second-order valence-electron chi connectivity index (χ2n) is 9.99. The fraction of sp³-hybridized carbons (Fsp3) is 0.241. The summed E-state index contributed by atoms with van der Waals surface area (Å²) in [5, 5.41) is 10.9. The van der Waals surface area contributed by atoms with Crippen LogP contribution in [0.2, 0.25) is 0 Å². The van der Waals surface area contributed by atoms with Crippen molar-refractivity contribution in [2.45, 2.75) is 25.8 Å². The monoisotopic (exact) mass is 541 g/mol. The highest BCUT2D eigenvalue weighted by atomic mass is 16.2. The number of carbonyl (C=O) groups is 2. The van der Waals surface area contributed by atoms with Gasteiger partial charge in [-0.15, -0.1) is 0 Å². The van der Waals surface area contributed by atoms with Crippen molar-refractivity contribution >= 4 is 34.2 Å². The van der Waals surface area contributed by atoms with E-state index in [1.807, 2.05) is 37.5 Å². The third kappa shape index (κ3) is 5.32. The van der Waals surface area contributed by atoms with Crippen molar-refractivity contribution in [3.63, 3.8) is 0 Å². The van der Waals surface area contributed by atoms with Crippen LogP contribution >= 0.6 is 0 Å². The van der Waals surface area contributed by atoms with Crippen molar-refractivity contribution in [3.05, 3.63) is 84.3 Å². The van der Waals surface area contributed by atoms with E-state index in [0.29, 0.717) is 28.3 Å². The summed E-state index contributed by atoms with van der Waals surface area (Å²) in [7, 11) is 1.86. The molecule has 40 heavy (non-hydrogen) atoms. The third-order valence-electron chi connectivity index (χ3n) is 7.11. The molecule has 0 radical (unpaired) electrons. The molecule has 6 rings (SSSR count). The number of anilines is 2. The lowest BCUT2D eigenvalue weighted by atomic mass is 10.1. The van der Waals surface area contributed by atoms with E-state index in [9.17, 15) is 9.59 Å². The number of hydrogen-bond donors (Lipinski definition) is 3. The molecule has 0 unspecified atom stereocenters. The Balaban J connectivity index is 0.00000169. The van der Waals surface area contributed by atoms with Crippen LogP contribution in [-0.2, 0) is 11.8 Å². The Hall–Kier alpha value is -4.90. The second-order valence-corrected chi connectivity index (χ2v) is 9.99. The molecule has 0 aliphatic carbocycles. The van der Waals surface area contributed by atoms with Gasteiger partial charge in [-0.1, -0.05) is 6.07 Å². The molecule has 208 valence electrons. The number of fused-ring (bicyclic) bond motifs is 1. The number of aryl methyl sites for hydroxylation is 2. The smallest absolute Gasteiger partial charge is 0.257 e. The Morgan fingerprint density at radius 2 is 2.00 bits per heavy atom. The molecule has 1 aliphatic heterocycles. The number of aromatic nitrogens is 6. The van der Waals surface area contributed by atoms with Gasteiger partial charge in [0.05, 0.1) is 59.0 Å². The third-order valence-corrected chi connectivity index (χ3v) is 7.11. The molecule has 11 nitrogen and oxygen atoms in total. The Morgan fingerprint density at radius 1 is 1.10 bits per heavy atom. The summed E-state index contributed by atoms with van der Waals surface area (Å²) in [5.41, 5.74) is 5.54. The first-order chi connectivity index (χ1) is 19.4. The highest BCUT2D eigenvalue weighted by Crippen LogP contribution is 2.30. The van der Waals surface area contributed by atoms with Crippen molar-refractivity contribution in [2.75, 3.05) is 23.7 Å². The zero-order valence-electron chi connectivity index (χ0n) is 22.3. The average molecular weight is 542 g/mol. The first-order valence-corrected chi connectivity index (χ1v) is 13.1. The first-order valence-electron chi connectivity index (χ1n) is 13.1. The standard InChI is InChI=1S/C29H29N9O2.3H2/c1-18-24(36-29(40)20-10-19-11-25(35-28(19)32-13-20)21-14-33-37(2)16-21)12-22(15-31-18)34-27(39)17-38-9-5-7-26(38)23-6-3-4-8-30-23;;;/h3-4,6,8,10-16,26H,5,7,9,17H2,1-2H3,(H,32,35)(H,34,39)(H,36,40);3*1H/t26-;;;/m1.../s1. The summed E-state index contributed by atoms with van der Waals surface area (Å²) in [5.74, 6) is -0.459. The number of rotatable bonds is 7. The number of hydrogen-bond acceptors (Lipinski definition) is 7. The molecule has 0 saturated carbocycles. The number of nitrogens with one attached hydrogen (secondary N) is 3. The van der Waals surface area contributed by atoms with Gasteiger partial charge in [0.25, 0.3) is 5.91 Å². The molecular weight excluding hydrogens is 506 g/mol. The van der Waals surface area contributed by atoms with E-state index in [0.717, 1.165) is 41.7 Å². The summed E-state index contributed by atoms with van der Waals surface area (Å²) < 4.78 is 1.73.